The van der Waals surface area contributed by atoms with Crippen molar-refractivity contribution in [3.63, 3.8) is 0 Å². The zero-order chi connectivity index (χ0) is 25.0. The molecule has 5 aromatic rings. The fraction of sp³-hybridized carbons (Fsp3) is 0.111. The highest BCUT2D eigenvalue weighted by atomic mass is 32.1. The Morgan fingerprint density at radius 3 is 2.67 bits per heavy atom. The molecule has 36 heavy (non-hydrogen) atoms. The molecule has 1 aliphatic heterocycles. The second-order valence-electron chi connectivity index (χ2n) is 8.20. The van der Waals surface area contributed by atoms with Crippen molar-refractivity contribution in [3.05, 3.63) is 105 Å². The summed E-state index contributed by atoms with van der Waals surface area (Å²) in [7, 11) is 0. The highest BCUT2D eigenvalue weighted by Crippen LogP contribution is 2.43. The number of carbonyl (C=O) groups is 2. The van der Waals surface area contributed by atoms with Crippen LogP contribution >= 0.6 is 11.3 Å². The van der Waals surface area contributed by atoms with Gasteiger partial charge in [0.1, 0.15) is 11.4 Å². The summed E-state index contributed by atoms with van der Waals surface area (Å²) < 4.78 is 25.4. The molecule has 0 fully saturated rings. The average Bonchev–Trinajstić information content (AvgIpc) is 3.43. The Morgan fingerprint density at radius 1 is 1.11 bits per heavy atom. The molecule has 6 rings (SSSR count). The zero-order valence-corrected chi connectivity index (χ0v) is 19.7. The maximum absolute atomic E-state index is 13.7. The number of thiazole rings is 1. The number of anilines is 1. The van der Waals surface area contributed by atoms with Gasteiger partial charge in [0, 0.05) is 0 Å². The van der Waals surface area contributed by atoms with E-state index in [1.54, 1.807) is 49.4 Å². The number of carbonyl (C=O) groups excluding carboxylic acids is 2. The van der Waals surface area contributed by atoms with E-state index in [-0.39, 0.29) is 23.4 Å². The summed E-state index contributed by atoms with van der Waals surface area (Å²) in [5.74, 6) is -1.48. The van der Waals surface area contributed by atoms with E-state index in [9.17, 15) is 18.8 Å². The van der Waals surface area contributed by atoms with Gasteiger partial charge in [-0.25, -0.2) is 14.2 Å². The molecule has 1 amide bonds. The molecule has 0 N–H and O–H groups in total. The lowest BCUT2D eigenvalue weighted by Gasteiger charge is -2.22. The molecular weight excluding hydrogens is 483 g/mol. The number of amides is 1. The van der Waals surface area contributed by atoms with Crippen molar-refractivity contribution in [2.45, 2.75) is 13.0 Å². The van der Waals surface area contributed by atoms with E-state index < -0.39 is 23.7 Å². The lowest BCUT2D eigenvalue weighted by atomic mass is 9.99. The van der Waals surface area contributed by atoms with Crippen molar-refractivity contribution in [2.24, 2.45) is 0 Å². The molecule has 3 aromatic carbocycles. The van der Waals surface area contributed by atoms with Crippen LogP contribution in [0.4, 0.5) is 9.52 Å². The molecule has 178 valence electrons. The third-order valence-electron chi connectivity index (χ3n) is 6.06. The molecule has 3 heterocycles. The minimum Gasteiger partial charge on any atom is -0.462 e. The molecule has 2 aromatic heterocycles. The number of halogens is 1. The molecule has 0 bridgehead atoms. The molecule has 0 aliphatic carbocycles. The second kappa shape index (κ2) is 8.39. The maximum Gasteiger partial charge on any atom is 0.338 e. The van der Waals surface area contributed by atoms with E-state index in [0.717, 1.165) is 0 Å². The van der Waals surface area contributed by atoms with Gasteiger partial charge in [0.15, 0.2) is 10.6 Å². The van der Waals surface area contributed by atoms with Crippen LogP contribution in [0.5, 0.6) is 0 Å². The molecule has 0 saturated heterocycles. The fourth-order valence-corrected chi connectivity index (χ4v) is 5.47. The summed E-state index contributed by atoms with van der Waals surface area (Å²) in [4.78, 5) is 45.5. The summed E-state index contributed by atoms with van der Waals surface area (Å²) in [6.45, 7) is 1.98. The van der Waals surface area contributed by atoms with E-state index in [4.69, 9.17) is 9.15 Å². The smallest absolute Gasteiger partial charge is 0.338 e. The zero-order valence-electron chi connectivity index (χ0n) is 18.9. The predicted molar refractivity (Wildman–Crippen MR) is 133 cm³/mol. The first-order valence-electron chi connectivity index (χ1n) is 11.2. The van der Waals surface area contributed by atoms with Crippen LogP contribution in [0.15, 0.2) is 75.9 Å². The molecular formula is C27H17FN2O5S. The number of ether oxygens (including phenoxy) is 1. The number of para-hydroxylation sites is 1. The topological polar surface area (TPSA) is 89.7 Å². The summed E-state index contributed by atoms with van der Waals surface area (Å²) in [5.41, 5.74) is 1.64. The summed E-state index contributed by atoms with van der Waals surface area (Å²) in [6, 6.07) is 16.4. The van der Waals surface area contributed by atoms with Crippen molar-refractivity contribution >= 4 is 49.5 Å². The SMILES string of the molecule is CCOC(=O)c1ccc2nc(N3C(=O)c4oc5ccccc5c(=O)c4C3c3ccc(F)cc3)sc2c1. The number of hydrogen-bond donors (Lipinski definition) is 0. The summed E-state index contributed by atoms with van der Waals surface area (Å²) in [6.07, 6.45) is 0. The Hall–Kier alpha value is -4.37. The monoisotopic (exact) mass is 500 g/mol. The van der Waals surface area contributed by atoms with Crippen molar-refractivity contribution in [1.82, 2.24) is 4.98 Å². The lowest BCUT2D eigenvalue weighted by molar-refractivity contribution is 0.0526. The molecule has 0 saturated carbocycles. The van der Waals surface area contributed by atoms with Crippen LogP contribution in [0.25, 0.3) is 21.2 Å². The van der Waals surface area contributed by atoms with E-state index in [1.165, 1.54) is 40.5 Å². The molecule has 7 nitrogen and oxygen atoms in total. The summed E-state index contributed by atoms with van der Waals surface area (Å²) in [5, 5.41) is 0.668. The fourth-order valence-electron chi connectivity index (χ4n) is 4.43. The van der Waals surface area contributed by atoms with Crippen LogP contribution < -0.4 is 10.3 Å². The van der Waals surface area contributed by atoms with Gasteiger partial charge in [-0.15, -0.1) is 0 Å². The third kappa shape index (κ3) is 3.39. The maximum atomic E-state index is 13.7. The highest BCUT2D eigenvalue weighted by molar-refractivity contribution is 7.22. The van der Waals surface area contributed by atoms with Gasteiger partial charge in [-0.1, -0.05) is 35.6 Å². The quantitative estimate of drug-likeness (QED) is 0.304. The van der Waals surface area contributed by atoms with Crippen LogP contribution in [-0.4, -0.2) is 23.5 Å². The average molecular weight is 501 g/mol. The predicted octanol–water partition coefficient (Wildman–Crippen LogP) is 5.47. The molecule has 9 heteroatoms. The molecule has 1 unspecified atom stereocenters. The number of hydrogen-bond acceptors (Lipinski definition) is 7. The third-order valence-corrected chi connectivity index (χ3v) is 7.08. The van der Waals surface area contributed by atoms with Gasteiger partial charge in [0.2, 0.25) is 5.76 Å². The Labute approximate surface area is 207 Å². The molecule has 1 aliphatic rings. The summed E-state index contributed by atoms with van der Waals surface area (Å²) >= 11 is 1.20. The van der Waals surface area contributed by atoms with Crippen molar-refractivity contribution in [3.8, 4) is 0 Å². The van der Waals surface area contributed by atoms with E-state index >= 15 is 0 Å². The number of rotatable bonds is 4. The van der Waals surface area contributed by atoms with Crippen LogP contribution in [0, 0.1) is 5.82 Å². The van der Waals surface area contributed by atoms with E-state index in [0.29, 0.717) is 37.4 Å². The van der Waals surface area contributed by atoms with Crippen LogP contribution in [0.2, 0.25) is 0 Å². The van der Waals surface area contributed by atoms with Gasteiger partial charge in [-0.3, -0.25) is 14.5 Å². The van der Waals surface area contributed by atoms with Crippen molar-refractivity contribution in [1.29, 1.82) is 0 Å². The van der Waals surface area contributed by atoms with Crippen LogP contribution in [-0.2, 0) is 4.74 Å². The lowest BCUT2D eigenvalue weighted by Crippen LogP contribution is -2.29. The number of benzene rings is 3. The van der Waals surface area contributed by atoms with Crippen molar-refractivity contribution < 1.29 is 23.1 Å². The number of aromatic nitrogens is 1. The first-order chi connectivity index (χ1) is 17.5. The second-order valence-corrected chi connectivity index (χ2v) is 9.21. The largest absolute Gasteiger partial charge is 0.462 e. The van der Waals surface area contributed by atoms with Gasteiger partial charge in [0.25, 0.3) is 5.91 Å². The van der Waals surface area contributed by atoms with Gasteiger partial charge >= 0.3 is 5.97 Å². The highest BCUT2D eigenvalue weighted by Gasteiger charge is 2.45. The first-order valence-corrected chi connectivity index (χ1v) is 12.0. The standard InChI is InChI=1S/C27H17FN2O5S/c1-2-34-26(33)15-9-12-18-20(13-15)36-27(29-18)30-22(14-7-10-16(28)11-8-14)21-23(31)17-5-3-4-6-19(17)35-24(21)25(30)32/h3-13,22H,2H2,1H3. The molecule has 0 spiro atoms. The van der Waals surface area contributed by atoms with Gasteiger partial charge in [0.05, 0.1) is 39.4 Å². The molecule has 0 radical (unpaired) electrons. The number of nitrogens with zero attached hydrogens (tertiary/aromatic N) is 2. The Morgan fingerprint density at radius 2 is 1.89 bits per heavy atom. The minimum absolute atomic E-state index is 0.0699. The Kier molecular flexibility index (Phi) is 5.15. The van der Waals surface area contributed by atoms with Crippen LogP contribution in [0.1, 0.15) is 45.0 Å². The van der Waals surface area contributed by atoms with E-state index in [1.807, 2.05) is 0 Å². The Bertz CT molecular complexity index is 1740. The number of fused-ring (bicyclic) bond motifs is 3. The van der Waals surface area contributed by atoms with Gasteiger partial charge in [-0.05, 0) is 55.0 Å². The van der Waals surface area contributed by atoms with Gasteiger partial charge in [-0.2, -0.15) is 0 Å². The van der Waals surface area contributed by atoms with Crippen molar-refractivity contribution in [2.75, 3.05) is 11.5 Å². The minimum atomic E-state index is -0.862. The number of esters is 1. The van der Waals surface area contributed by atoms with Gasteiger partial charge < -0.3 is 9.15 Å². The normalized spacial score (nSPS) is 15.0. The van der Waals surface area contributed by atoms with E-state index in [2.05, 4.69) is 4.98 Å². The van der Waals surface area contributed by atoms with Crippen LogP contribution in [0.3, 0.4) is 0 Å². The first kappa shape index (κ1) is 22.1. The molecule has 1 atom stereocenters. The Balaban J connectivity index is 1.55.